The van der Waals surface area contributed by atoms with Gasteiger partial charge in [0.15, 0.2) is 11.6 Å². The number of rotatable bonds is 8. The number of ether oxygens (including phenoxy) is 1. The molecule has 0 unspecified atom stereocenters. The second-order valence-electron chi connectivity index (χ2n) is 7.87. The molecule has 0 radical (unpaired) electrons. The first-order chi connectivity index (χ1) is 14.1. The van der Waals surface area contributed by atoms with Crippen LogP contribution in [-0.4, -0.2) is 67.9 Å². The summed E-state index contributed by atoms with van der Waals surface area (Å²) in [5.41, 5.74) is 0.837. The van der Waals surface area contributed by atoms with E-state index in [1.54, 1.807) is 30.3 Å². The average molecular weight is 438 g/mol. The minimum atomic E-state index is -2.10. The summed E-state index contributed by atoms with van der Waals surface area (Å²) < 4.78 is 37.9. The van der Waals surface area contributed by atoms with E-state index in [1.807, 2.05) is 0 Å². The van der Waals surface area contributed by atoms with Crippen LogP contribution in [-0.2, 0) is 18.5 Å². The van der Waals surface area contributed by atoms with Crippen LogP contribution in [0, 0.1) is 11.6 Å². The van der Waals surface area contributed by atoms with Crippen LogP contribution in [0.4, 0.5) is 8.78 Å². The van der Waals surface area contributed by atoms with E-state index in [9.17, 15) is 18.8 Å². The molecule has 11 heteroatoms. The van der Waals surface area contributed by atoms with Crippen LogP contribution in [0.25, 0.3) is 22.4 Å². The molecule has 2 N–H and O–H groups in total. The number of nitrogens with zero attached hydrogens (tertiary/aromatic N) is 4. The SMILES string of the molecule is Cn1cc(-c2nn(COCCS(C)(C)C)cc2-c2ccc(B(O)O)c(F)c2F)cn1. The standard InChI is InChI=1S/C19H25BF2N4O3S/c1-25-10-13(9-23-25)19-15(11-26(24-19)12-29-7-8-30(2,3)4)14-5-6-16(20(27)28)18(22)17(14)21/h5-6,9-11,27-28H,7-8,12H2,1-4H3. The Labute approximate surface area is 175 Å². The quantitative estimate of drug-likeness (QED) is 0.412. The molecule has 162 valence electrons. The summed E-state index contributed by atoms with van der Waals surface area (Å²) in [5, 5.41) is 27.0. The highest BCUT2D eigenvalue weighted by molar-refractivity contribution is 8.32. The van der Waals surface area contributed by atoms with E-state index >= 15 is 0 Å². The number of aromatic nitrogens is 4. The second-order valence-corrected chi connectivity index (χ2v) is 12.5. The third kappa shape index (κ3) is 5.09. The molecule has 0 aliphatic heterocycles. The summed E-state index contributed by atoms with van der Waals surface area (Å²) in [7, 11) is -1.04. The maximum Gasteiger partial charge on any atom is 0.491 e. The lowest BCUT2D eigenvalue weighted by Crippen LogP contribution is -2.33. The Morgan fingerprint density at radius 1 is 1.10 bits per heavy atom. The van der Waals surface area contributed by atoms with Crippen LogP contribution >= 0.6 is 10.0 Å². The lowest BCUT2D eigenvalue weighted by molar-refractivity contribution is 0.0811. The summed E-state index contributed by atoms with van der Waals surface area (Å²) >= 11 is 0. The highest BCUT2D eigenvalue weighted by Gasteiger charge is 2.25. The summed E-state index contributed by atoms with van der Waals surface area (Å²) in [6, 6.07) is 2.45. The molecule has 3 aromatic rings. The van der Waals surface area contributed by atoms with Gasteiger partial charge in [-0.3, -0.25) is 4.68 Å². The Morgan fingerprint density at radius 2 is 1.83 bits per heavy atom. The lowest BCUT2D eigenvalue weighted by atomic mass is 9.79. The number of benzene rings is 1. The molecule has 0 fully saturated rings. The molecule has 0 saturated carbocycles. The molecule has 0 aliphatic carbocycles. The first-order valence-electron chi connectivity index (χ1n) is 9.21. The van der Waals surface area contributed by atoms with E-state index < -0.39 is 34.2 Å². The van der Waals surface area contributed by atoms with E-state index in [0.29, 0.717) is 23.4 Å². The fourth-order valence-electron chi connectivity index (χ4n) is 2.88. The molecule has 7 nitrogen and oxygen atoms in total. The topological polar surface area (TPSA) is 85.3 Å². The van der Waals surface area contributed by atoms with Crippen LogP contribution in [0.15, 0.2) is 30.7 Å². The van der Waals surface area contributed by atoms with Crippen molar-refractivity contribution in [3.05, 3.63) is 42.4 Å². The number of hydrogen-bond donors (Lipinski definition) is 2. The number of aryl methyl sites for hydroxylation is 1. The van der Waals surface area contributed by atoms with Gasteiger partial charge in [0, 0.05) is 47.3 Å². The summed E-state index contributed by atoms with van der Waals surface area (Å²) in [6.45, 7) is 0.739. The zero-order valence-electron chi connectivity index (χ0n) is 17.3. The fraction of sp³-hybridized carbons (Fsp3) is 0.368. The predicted octanol–water partition coefficient (Wildman–Crippen LogP) is 1.58. The van der Waals surface area contributed by atoms with E-state index in [-0.39, 0.29) is 12.3 Å². The van der Waals surface area contributed by atoms with Gasteiger partial charge in [0.05, 0.1) is 12.8 Å². The van der Waals surface area contributed by atoms with Gasteiger partial charge in [-0.25, -0.2) is 23.5 Å². The first kappa shape index (κ1) is 22.5. The Morgan fingerprint density at radius 3 is 2.43 bits per heavy atom. The van der Waals surface area contributed by atoms with Crippen LogP contribution in [0.2, 0.25) is 0 Å². The fourth-order valence-corrected chi connectivity index (χ4v) is 3.50. The average Bonchev–Trinajstić information content (AvgIpc) is 3.26. The van der Waals surface area contributed by atoms with Crippen molar-refractivity contribution in [1.29, 1.82) is 0 Å². The largest absolute Gasteiger partial charge is 0.491 e. The Balaban J connectivity index is 1.97. The van der Waals surface area contributed by atoms with E-state index in [2.05, 4.69) is 29.0 Å². The second kappa shape index (κ2) is 8.89. The van der Waals surface area contributed by atoms with Crippen LogP contribution in [0.1, 0.15) is 0 Å². The van der Waals surface area contributed by atoms with Gasteiger partial charge in [0.1, 0.15) is 12.4 Å². The van der Waals surface area contributed by atoms with Crippen molar-refractivity contribution in [3.63, 3.8) is 0 Å². The number of hydrogen-bond acceptors (Lipinski definition) is 5. The molecule has 2 aromatic heterocycles. The van der Waals surface area contributed by atoms with Crippen molar-refractivity contribution in [2.45, 2.75) is 6.73 Å². The van der Waals surface area contributed by atoms with Crippen LogP contribution in [0.3, 0.4) is 0 Å². The molecule has 3 rings (SSSR count). The summed E-state index contributed by atoms with van der Waals surface area (Å²) in [4.78, 5) is 0. The van der Waals surface area contributed by atoms with Crippen molar-refractivity contribution in [2.75, 3.05) is 31.1 Å². The third-order valence-electron chi connectivity index (χ3n) is 4.48. The van der Waals surface area contributed by atoms with E-state index in [4.69, 9.17) is 4.74 Å². The molecule has 0 saturated heterocycles. The van der Waals surface area contributed by atoms with Gasteiger partial charge in [-0.2, -0.15) is 10.2 Å². The Bertz CT molecular complexity index is 1030. The molecule has 1 aromatic carbocycles. The van der Waals surface area contributed by atoms with Crippen molar-refractivity contribution in [2.24, 2.45) is 7.05 Å². The molecule has 0 bridgehead atoms. The van der Waals surface area contributed by atoms with Gasteiger partial charge in [-0.05, 0) is 18.8 Å². The lowest BCUT2D eigenvalue weighted by Gasteiger charge is -2.24. The highest BCUT2D eigenvalue weighted by atomic mass is 32.3. The molecule has 0 amide bonds. The molecular weight excluding hydrogens is 413 g/mol. The summed E-state index contributed by atoms with van der Waals surface area (Å²) in [5.74, 6) is -1.54. The van der Waals surface area contributed by atoms with Crippen molar-refractivity contribution < 1.29 is 23.6 Å². The summed E-state index contributed by atoms with van der Waals surface area (Å²) in [6.07, 6.45) is 11.5. The van der Waals surface area contributed by atoms with Crippen molar-refractivity contribution in [3.8, 4) is 22.4 Å². The zero-order chi connectivity index (χ0) is 22.1. The van der Waals surface area contributed by atoms with E-state index in [0.717, 1.165) is 11.8 Å². The van der Waals surface area contributed by atoms with Crippen LogP contribution < -0.4 is 5.46 Å². The van der Waals surface area contributed by atoms with Gasteiger partial charge < -0.3 is 14.8 Å². The van der Waals surface area contributed by atoms with Crippen molar-refractivity contribution in [1.82, 2.24) is 19.6 Å². The van der Waals surface area contributed by atoms with Gasteiger partial charge >= 0.3 is 7.12 Å². The van der Waals surface area contributed by atoms with Crippen molar-refractivity contribution >= 4 is 22.6 Å². The number of halogens is 2. The maximum absolute atomic E-state index is 14.8. The monoisotopic (exact) mass is 438 g/mol. The zero-order valence-corrected chi connectivity index (χ0v) is 18.2. The minimum absolute atomic E-state index is 0.0406. The maximum atomic E-state index is 14.8. The van der Waals surface area contributed by atoms with Gasteiger partial charge in [-0.1, -0.05) is 12.1 Å². The van der Waals surface area contributed by atoms with E-state index in [1.165, 1.54) is 10.7 Å². The normalized spacial score (nSPS) is 12.4. The highest BCUT2D eigenvalue weighted by Crippen LogP contribution is 2.34. The van der Waals surface area contributed by atoms with Crippen LogP contribution in [0.5, 0.6) is 0 Å². The molecule has 30 heavy (non-hydrogen) atoms. The predicted molar refractivity (Wildman–Crippen MR) is 116 cm³/mol. The molecule has 0 aliphatic rings. The molecule has 0 atom stereocenters. The Hall–Kier alpha value is -2.21. The van der Waals surface area contributed by atoms with Gasteiger partial charge in [0.2, 0.25) is 0 Å². The Kier molecular flexibility index (Phi) is 6.66. The smallest absolute Gasteiger partial charge is 0.423 e. The first-order valence-corrected chi connectivity index (χ1v) is 12.2. The minimum Gasteiger partial charge on any atom is -0.423 e. The molecule has 0 spiro atoms. The molecular formula is C19H25BF2N4O3S. The van der Waals surface area contributed by atoms with Gasteiger partial charge in [0.25, 0.3) is 0 Å². The molecule has 2 heterocycles. The third-order valence-corrected chi connectivity index (χ3v) is 5.88. The van der Waals surface area contributed by atoms with Gasteiger partial charge in [-0.15, -0.1) is 0 Å².